The molecule has 96 valence electrons. The largest absolute Gasteiger partial charge is 0.493 e. The number of hydrogen-bond donors (Lipinski definition) is 1. The van der Waals surface area contributed by atoms with E-state index in [1.807, 2.05) is 19.1 Å². The summed E-state index contributed by atoms with van der Waals surface area (Å²) in [6.45, 7) is 8.93. The molecule has 2 rings (SSSR count). The molecule has 0 bridgehead atoms. The van der Waals surface area contributed by atoms with Gasteiger partial charge in [-0.05, 0) is 19.8 Å². The van der Waals surface area contributed by atoms with E-state index >= 15 is 0 Å². The third kappa shape index (κ3) is 2.40. The van der Waals surface area contributed by atoms with Crippen LogP contribution >= 0.6 is 0 Å². The number of aryl methyl sites for hydroxylation is 1. The molecule has 0 aliphatic heterocycles. The molecule has 0 fully saturated rings. The molecule has 0 radical (unpaired) electrons. The first-order chi connectivity index (χ1) is 8.49. The fraction of sp³-hybridized carbons (Fsp3) is 0.400. The zero-order valence-electron chi connectivity index (χ0n) is 11.4. The van der Waals surface area contributed by atoms with Gasteiger partial charge in [-0.3, -0.25) is 0 Å². The molecule has 18 heavy (non-hydrogen) atoms. The van der Waals surface area contributed by atoms with Crippen molar-refractivity contribution < 1.29 is 5.11 Å². The van der Waals surface area contributed by atoms with E-state index in [2.05, 4.69) is 38.0 Å². The first kappa shape index (κ1) is 12.7. The van der Waals surface area contributed by atoms with Gasteiger partial charge in [0.2, 0.25) is 5.88 Å². The summed E-state index contributed by atoms with van der Waals surface area (Å²) in [5.74, 6) is 0.736. The van der Waals surface area contributed by atoms with Crippen molar-refractivity contribution in [2.24, 2.45) is 5.92 Å². The van der Waals surface area contributed by atoms with Crippen LogP contribution < -0.4 is 0 Å². The maximum atomic E-state index is 10.1. The molecular formula is C15H20N2O. The smallest absolute Gasteiger partial charge is 0.212 e. The molecular weight excluding hydrogens is 224 g/mol. The van der Waals surface area contributed by atoms with E-state index in [0.717, 1.165) is 23.4 Å². The summed E-state index contributed by atoms with van der Waals surface area (Å²) in [6, 6.07) is 8.22. The van der Waals surface area contributed by atoms with Crippen molar-refractivity contribution in [1.82, 2.24) is 9.78 Å². The highest BCUT2D eigenvalue weighted by Crippen LogP contribution is 2.29. The minimum atomic E-state index is 0.277. The van der Waals surface area contributed by atoms with Gasteiger partial charge in [0.25, 0.3) is 0 Å². The zero-order chi connectivity index (χ0) is 13.3. The van der Waals surface area contributed by atoms with Crippen molar-refractivity contribution in [1.29, 1.82) is 0 Å². The van der Waals surface area contributed by atoms with Gasteiger partial charge in [-0.15, -0.1) is 0 Å². The third-order valence-electron chi connectivity index (χ3n) is 3.02. The summed E-state index contributed by atoms with van der Waals surface area (Å²) in [5.41, 5.74) is 3.99. The average Bonchev–Trinajstić information content (AvgIpc) is 2.58. The average molecular weight is 244 g/mol. The highest BCUT2D eigenvalue weighted by Gasteiger charge is 2.15. The number of aromatic nitrogens is 2. The lowest BCUT2D eigenvalue weighted by Crippen LogP contribution is -2.05. The molecule has 2 aromatic rings. The molecule has 0 aliphatic carbocycles. The second-order valence-corrected chi connectivity index (χ2v) is 5.24. The van der Waals surface area contributed by atoms with Crippen LogP contribution in [-0.4, -0.2) is 14.9 Å². The van der Waals surface area contributed by atoms with E-state index in [1.54, 1.807) is 4.68 Å². The fourth-order valence-corrected chi connectivity index (χ4v) is 2.00. The van der Waals surface area contributed by atoms with Crippen molar-refractivity contribution >= 4 is 0 Å². The van der Waals surface area contributed by atoms with Crippen molar-refractivity contribution in [2.45, 2.75) is 34.2 Å². The van der Waals surface area contributed by atoms with Gasteiger partial charge in [-0.1, -0.05) is 43.7 Å². The number of aromatic hydroxyl groups is 1. The Balaban J connectivity index is 2.42. The van der Waals surface area contributed by atoms with Crippen LogP contribution in [0, 0.1) is 19.8 Å². The molecule has 0 spiro atoms. The van der Waals surface area contributed by atoms with Gasteiger partial charge in [-0.25, -0.2) is 4.68 Å². The lowest BCUT2D eigenvalue weighted by atomic mass is 10.1. The van der Waals surface area contributed by atoms with E-state index in [1.165, 1.54) is 5.56 Å². The number of hydrogen-bond acceptors (Lipinski definition) is 2. The SMILES string of the molecule is Cc1ccc(-c2nn(CC(C)C)c(O)c2C)cc1. The molecule has 0 saturated heterocycles. The second kappa shape index (κ2) is 4.84. The van der Waals surface area contributed by atoms with Gasteiger partial charge >= 0.3 is 0 Å². The fourth-order valence-electron chi connectivity index (χ4n) is 2.00. The Morgan fingerprint density at radius 3 is 2.33 bits per heavy atom. The van der Waals surface area contributed by atoms with Crippen LogP contribution in [-0.2, 0) is 6.54 Å². The minimum Gasteiger partial charge on any atom is -0.493 e. The van der Waals surface area contributed by atoms with Gasteiger partial charge in [-0.2, -0.15) is 5.10 Å². The second-order valence-electron chi connectivity index (χ2n) is 5.24. The first-order valence-corrected chi connectivity index (χ1v) is 6.32. The molecule has 0 unspecified atom stereocenters. The molecule has 1 heterocycles. The summed E-state index contributed by atoms with van der Waals surface area (Å²) in [5, 5.41) is 14.6. The molecule has 0 atom stereocenters. The van der Waals surface area contributed by atoms with Crippen molar-refractivity contribution in [3.63, 3.8) is 0 Å². The van der Waals surface area contributed by atoms with E-state index in [-0.39, 0.29) is 5.88 Å². The number of rotatable bonds is 3. The van der Waals surface area contributed by atoms with Gasteiger partial charge < -0.3 is 5.11 Å². The number of benzene rings is 1. The monoisotopic (exact) mass is 244 g/mol. The van der Waals surface area contributed by atoms with Crippen LogP contribution in [0.4, 0.5) is 0 Å². The normalized spacial score (nSPS) is 11.2. The van der Waals surface area contributed by atoms with E-state index < -0.39 is 0 Å². The highest BCUT2D eigenvalue weighted by molar-refractivity contribution is 5.65. The molecule has 1 N–H and O–H groups in total. The standard InChI is InChI=1S/C15H20N2O/c1-10(2)9-17-15(18)12(4)14(16-17)13-7-5-11(3)6-8-13/h5-8,10,18H,9H2,1-4H3. The zero-order valence-corrected chi connectivity index (χ0v) is 11.4. The third-order valence-corrected chi connectivity index (χ3v) is 3.02. The van der Waals surface area contributed by atoms with Crippen LogP contribution in [0.25, 0.3) is 11.3 Å². The molecule has 0 amide bonds. The first-order valence-electron chi connectivity index (χ1n) is 6.32. The summed E-state index contributed by atoms with van der Waals surface area (Å²) < 4.78 is 1.69. The van der Waals surface area contributed by atoms with Crippen molar-refractivity contribution in [3.8, 4) is 17.1 Å². The van der Waals surface area contributed by atoms with Gasteiger partial charge in [0.1, 0.15) is 0 Å². The van der Waals surface area contributed by atoms with E-state index in [4.69, 9.17) is 0 Å². The Morgan fingerprint density at radius 2 is 1.78 bits per heavy atom. The Hall–Kier alpha value is -1.77. The molecule has 3 heteroatoms. The lowest BCUT2D eigenvalue weighted by Gasteiger charge is -2.05. The van der Waals surface area contributed by atoms with Crippen molar-refractivity contribution in [3.05, 3.63) is 35.4 Å². The topological polar surface area (TPSA) is 38.0 Å². The minimum absolute atomic E-state index is 0.277. The predicted octanol–water partition coefficient (Wildman–Crippen LogP) is 3.53. The maximum absolute atomic E-state index is 10.1. The Bertz CT molecular complexity index is 538. The van der Waals surface area contributed by atoms with Crippen LogP contribution in [0.15, 0.2) is 24.3 Å². The van der Waals surface area contributed by atoms with Crippen LogP contribution in [0.1, 0.15) is 25.0 Å². The van der Waals surface area contributed by atoms with Gasteiger partial charge in [0.05, 0.1) is 5.69 Å². The Labute approximate surface area is 108 Å². The lowest BCUT2D eigenvalue weighted by molar-refractivity contribution is 0.370. The molecule has 0 aliphatic rings. The van der Waals surface area contributed by atoms with Gasteiger partial charge in [0, 0.05) is 17.7 Å². The predicted molar refractivity (Wildman–Crippen MR) is 73.6 cm³/mol. The maximum Gasteiger partial charge on any atom is 0.212 e. The molecule has 1 aromatic carbocycles. The highest BCUT2D eigenvalue weighted by atomic mass is 16.3. The molecule has 0 saturated carbocycles. The summed E-state index contributed by atoms with van der Waals surface area (Å²) in [7, 11) is 0. The van der Waals surface area contributed by atoms with E-state index in [0.29, 0.717) is 5.92 Å². The summed E-state index contributed by atoms with van der Waals surface area (Å²) >= 11 is 0. The van der Waals surface area contributed by atoms with Crippen molar-refractivity contribution in [2.75, 3.05) is 0 Å². The van der Waals surface area contributed by atoms with Crippen LogP contribution in [0.5, 0.6) is 5.88 Å². The van der Waals surface area contributed by atoms with E-state index in [9.17, 15) is 5.11 Å². The summed E-state index contributed by atoms with van der Waals surface area (Å²) in [6.07, 6.45) is 0. The van der Waals surface area contributed by atoms with Crippen LogP contribution in [0.2, 0.25) is 0 Å². The van der Waals surface area contributed by atoms with Crippen LogP contribution in [0.3, 0.4) is 0 Å². The van der Waals surface area contributed by atoms with Gasteiger partial charge in [0.15, 0.2) is 0 Å². The number of nitrogens with zero attached hydrogens (tertiary/aromatic N) is 2. The Morgan fingerprint density at radius 1 is 1.17 bits per heavy atom. The summed E-state index contributed by atoms with van der Waals surface area (Å²) in [4.78, 5) is 0. The quantitative estimate of drug-likeness (QED) is 0.897. The molecule has 1 aromatic heterocycles. The Kier molecular flexibility index (Phi) is 3.41. The molecule has 3 nitrogen and oxygen atoms in total.